The van der Waals surface area contributed by atoms with Crippen LogP contribution in [-0.4, -0.2) is 9.91 Å². The van der Waals surface area contributed by atoms with Crippen molar-refractivity contribution in [3.05, 3.63) is 57.9 Å². The molecule has 2 rings (SSSR count). The largest absolute Gasteiger partial charge is 0.379 e. The van der Waals surface area contributed by atoms with Crippen molar-refractivity contribution in [1.29, 1.82) is 0 Å². The first-order valence-corrected chi connectivity index (χ1v) is 5.28. The van der Waals surface area contributed by atoms with E-state index >= 15 is 0 Å². The standard InChI is InChI=1S/C12H13N3O2/c1-9-7-11(15(16)17)4-5-12(9)14-8-10-3-2-6-13-10/h2-7,13-14H,8H2,1H3. The molecule has 0 aliphatic rings. The van der Waals surface area contributed by atoms with Gasteiger partial charge in [0.1, 0.15) is 0 Å². The van der Waals surface area contributed by atoms with Crippen LogP contribution in [0.15, 0.2) is 36.5 Å². The van der Waals surface area contributed by atoms with Crippen molar-refractivity contribution in [1.82, 2.24) is 4.98 Å². The molecule has 5 nitrogen and oxygen atoms in total. The third-order valence-electron chi connectivity index (χ3n) is 2.55. The summed E-state index contributed by atoms with van der Waals surface area (Å²) in [5.41, 5.74) is 2.96. The zero-order valence-electron chi connectivity index (χ0n) is 9.43. The molecule has 1 heterocycles. The predicted octanol–water partition coefficient (Wildman–Crippen LogP) is 2.84. The van der Waals surface area contributed by atoms with Crippen LogP contribution < -0.4 is 5.32 Å². The number of nitro benzene ring substituents is 1. The van der Waals surface area contributed by atoms with Crippen molar-refractivity contribution >= 4 is 11.4 Å². The molecule has 0 unspecified atom stereocenters. The third-order valence-corrected chi connectivity index (χ3v) is 2.55. The first-order valence-electron chi connectivity index (χ1n) is 5.28. The Balaban J connectivity index is 2.09. The van der Waals surface area contributed by atoms with E-state index in [1.165, 1.54) is 6.07 Å². The first kappa shape index (κ1) is 11.2. The molecule has 0 aliphatic heterocycles. The topological polar surface area (TPSA) is 71.0 Å². The van der Waals surface area contributed by atoms with Gasteiger partial charge < -0.3 is 10.3 Å². The van der Waals surface area contributed by atoms with E-state index in [2.05, 4.69) is 10.3 Å². The highest BCUT2D eigenvalue weighted by atomic mass is 16.6. The van der Waals surface area contributed by atoms with E-state index in [0.717, 1.165) is 16.9 Å². The SMILES string of the molecule is Cc1cc([N+](=O)[O-])ccc1NCc1ccc[nH]1. The zero-order chi connectivity index (χ0) is 12.3. The lowest BCUT2D eigenvalue weighted by Crippen LogP contribution is -2.01. The van der Waals surface area contributed by atoms with E-state index < -0.39 is 0 Å². The molecule has 2 N–H and O–H groups in total. The molecular weight excluding hydrogens is 218 g/mol. The number of anilines is 1. The van der Waals surface area contributed by atoms with Crippen molar-refractivity contribution in [3.63, 3.8) is 0 Å². The van der Waals surface area contributed by atoms with Gasteiger partial charge in [-0.2, -0.15) is 0 Å². The highest BCUT2D eigenvalue weighted by Gasteiger charge is 2.07. The molecule has 0 aliphatic carbocycles. The Labute approximate surface area is 98.6 Å². The number of nitrogens with zero attached hydrogens (tertiary/aromatic N) is 1. The van der Waals surface area contributed by atoms with E-state index in [4.69, 9.17) is 0 Å². The number of hydrogen-bond acceptors (Lipinski definition) is 3. The summed E-state index contributed by atoms with van der Waals surface area (Å²) in [7, 11) is 0. The average Bonchev–Trinajstić information content (AvgIpc) is 2.80. The summed E-state index contributed by atoms with van der Waals surface area (Å²) in [5.74, 6) is 0. The van der Waals surface area contributed by atoms with Gasteiger partial charge >= 0.3 is 0 Å². The molecule has 0 atom stereocenters. The monoisotopic (exact) mass is 231 g/mol. The van der Waals surface area contributed by atoms with Crippen molar-refractivity contribution in [2.75, 3.05) is 5.32 Å². The number of rotatable bonds is 4. The number of benzene rings is 1. The molecule has 1 aromatic heterocycles. The van der Waals surface area contributed by atoms with Crippen LogP contribution in [0.5, 0.6) is 0 Å². The summed E-state index contributed by atoms with van der Waals surface area (Å²) < 4.78 is 0. The van der Waals surface area contributed by atoms with Gasteiger partial charge in [0.2, 0.25) is 0 Å². The molecule has 2 aromatic rings. The van der Waals surface area contributed by atoms with Gasteiger partial charge in [0.15, 0.2) is 0 Å². The minimum absolute atomic E-state index is 0.118. The highest BCUT2D eigenvalue weighted by molar-refractivity contribution is 5.55. The lowest BCUT2D eigenvalue weighted by Gasteiger charge is -2.08. The minimum atomic E-state index is -0.387. The Morgan fingerprint density at radius 3 is 2.82 bits per heavy atom. The Kier molecular flexibility index (Phi) is 3.09. The fraction of sp³-hybridized carbons (Fsp3) is 0.167. The van der Waals surface area contributed by atoms with Gasteiger partial charge in [-0.05, 0) is 30.7 Å². The maximum Gasteiger partial charge on any atom is 0.269 e. The maximum atomic E-state index is 10.6. The van der Waals surface area contributed by atoms with Gasteiger partial charge in [0.25, 0.3) is 5.69 Å². The normalized spacial score (nSPS) is 10.2. The molecule has 0 bridgehead atoms. The number of nitrogens with one attached hydrogen (secondary N) is 2. The number of aryl methyl sites for hydroxylation is 1. The summed E-state index contributed by atoms with van der Waals surface area (Å²) in [6.45, 7) is 2.52. The van der Waals surface area contributed by atoms with Gasteiger partial charge in [-0.1, -0.05) is 0 Å². The smallest absolute Gasteiger partial charge is 0.269 e. The van der Waals surface area contributed by atoms with E-state index in [9.17, 15) is 10.1 Å². The first-order chi connectivity index (χ1) is 8.16. The molecule has 1 aromatic carbocycles. The molecule has 0 radical (unpaired) electrons. The van der Waals surface area contributed by atoms with Crippen LogP contribution >= 0.6 is 0 Å². The predicted molar refractivity (Wildman–Crippen MR) is 66.0 cm³/mol. The minimum Gasteiger partial charge on any atom is -0.379 e. The summed E-state index contributed by atoms with van der Waals surface area (Å²) in [4.78, 5) is 13.3. The molecule has 0 saturated heterocycles. The molecule has 88 valence electrons. The van der Waals surface area contributed by atoms with Gasteiger partial charge in [-0.3, -0.25) is 10.1 Å². The second kappa shape index (κ2) is 4.69. The number of H-pyrrole nitrogens is 1. The summed E-state index contributed by atoms with van der Waals surface area (Å²) in [6, 6.07) is 8.71. The van der Waals surface area contributed by atoms with Crippen molar-refractivity contribution in [2.45, 2.75) is 13.5 Å². The lowest BCUT2D eigenvalue weighted by molar-refractivity contribution is -0.384. The van der Waals surface area contributed by atoms with Crippen LogP contribution in [0.2, 0.25) is 0 Å². The molecule has 5 heteroatoms. The average molecular weight is 231 g/mol. The summed E-state index contributed by atoms with van der Waals surface area (Å²) in [6.07, 6.45) is 1.86. The second-order valence-corrected chi connectivity index (χ2v) is 3.81. The van der Waals surface area contributed by atoms with Crippen molar-refractivity contribution in [2.24, 2.45) is 0 Å². The number of nitro groups is 1. The highest BCUT2D eigenvalue weighted by Crippen LogP contribution is 2.21. The molecule has 0 fully saturated rings. The quantitative estimate of drug-likeness (QED) is 0.627. The van der Waals surface area contributed by atoms with Gasteiger partial charge in [0, 0.05) is 29.7 Å². The fourth-order valence-corrected chi connectivity index (χ4v) is 1.63. The van der Waals surface area contributed by atoms with Gasteiger partial charge in [-0.25, -0.2) is 0 Å². The Morgan fingerprint density at radius 1 is 1.41 bits per heavy atom. The number of non-ortho nitro benzene ring substituents is 1. The van der Waals surface area contributed by atoms with E-state index in [-0.39, 0.29) is 10.6 Å². The number of aromatic nitrogens is 1. The Bertz CT molecular complexity index is 521. The second-order valence-electron chi connectivity index (χ2n) is 3.81. The summed E-state index contributed by atoms with van der Waals surface area (Å²) >= 11 is 0. The van der Waals surface area contributed by atoms with Crippen LogP contribution in [-0.2, 0) is 6.54 Å². The molecule has 0 amide bonds. The Hall–Kier alpha value is -2.30. The van der Waals surface area contributed by atoms with Crippen molar-refractivity contribution < 1.29 is 4.92 Å². The van der Waals surface area contributed by atoms with Gasteiger partial charge in [0.05, 0.1) is 11.5 Å². The molecular formula is C12H13N3O2. The molecule has 0 spiro atoms. The molecule has 0 saturated carbocycles. The lowest BCUT2D eigenvalue weighted by atomic mass is 10.2. The van der Waals surface area contributed by atoms with E-state index in [0.29, 0.717) is 6.54 Å². The third kappa shape index (κ3) is 2.63. The van der Waals surface area contributed by atoms with Crippen LogP contribution in [0.4, 0.5) is 11.4 Å². The van der Waals surface area contributed by atoms with E-state index in [1.807, 2.05) is 25.3 Å². The van der Waals surface area contributed by atoms with E-state index in [1.54, 1.807) is 12.1 Å². The van der Waals surface area contributed by atoms with Crippen LogP contribution in [0.1, 0.15) is 11.3 Å². The van der Waals surface area contributed by atoms with Gasteiger partial charge in [-0.15, -0.1) is 0 Å². The van der Waals surface area contributed by atoms with Crippen molar-refractivity contribution in [3.8, 4) is 0 Å². The maximum absolute atomic E-state index is 10.6. The zero-order valence-corrected chi connectivity index (χ0v) is 9.43. The Morgan fingerprint density at radius 2 is 2.24 bits per heavy atom. The number of hydrogen-bond donors (Lipinski definition) is 2. The number of aromatic amines is 1. The van der Waals surface area contributed by atoms with Crippen LogP contribution in [0.25, 0.3) is 0 Å². The van der Waals surface area contributed by atoms with Crippen LogP contribution in [0, 0.1) is 17.0 Å². The fourth-order valence-electron chi connectivity index (χ4n) is 1.63. The van der Waals surface area contributed by atoms with Crippen LogP contribution in [0.3, 0.4) is 0 Å². The molecule has 17 heavy (non-hydrogen) atoms. The summed E-state index contributed by atoms with van der Waals surface area (Å²) in [5, 5.41) is 13.8.